The second-order valence-electron chi connectivity index (χ2n) is 9.47. The highest BCUT2D eigenvalue weighted by Crippen LogP contribution is 2.27. The summed E-state index contributed by atoms with van der Waals surface area (Å²) >= 11 is 0. The molecule has 0 atom stereocenters. The average molecular weight is 440 g/mol. The van der Waals surface area contributed by atoms with Crippen molar-refractivity contribution in [1.29, 1.82) is 0 Å². The maximum Gasteiger partial charge on any atom is 0.275 e. The highest BCUT2D eigenvalue weighted by Gasteiger charge is 2.27. The summed E-state index contributed by atoms with van der Waals surface area (Å²) in [5.74, 6) is 0.895. The lowest BCUT2D eigenvalue weighted by molar-refractivity contribution is 0.0625. The molecule has 3 heterocycles. The molecule has 0 radical (unpaired) electrons. The number of amides is 1. The van der Waals surface area contributed by atoms with Crippen LogP contribution in [0.3, 0.4) is 0 Å². The van der Waals surface area contributed by atoms with E-state index >= 15 is 0 Å². The van der Waals surface area contributed by atoms with E-state index < -0.39 is 0 Å². The monoisotopic (exact) mass is 439 g/mol. The molecule has 2 fully saturated rings. The van der Waals surface area contributed by atoms with E-state index in [0.717, 1.165) is 82.0 Å². The van der Waals surface area contributed by atoms with Crippen molar-refractivity contribution in [2.45, 2.75) is 19.9 Å². The molecule has 2 saturated heterocycles. The zero-order chi connectivity index (χ0) is 22.7. The molecule has 0 unspecified atom stereocenters. The molecule has 8 heteroatoms. The van der Waals surface area contributed by atoms with E-state index in [0.29, 0.717) is 11.7 Å². The van der Waals surface area contributed by atoms with Crippen molar-refractivity contribution in [2.24, 2.45) is 0 Å². The van der Waals surface area contributed by atoms with Gasteiger partial charge in [-0.15, -0.1) is 10.2 Å². The number of hydrogen-bond acceptors (Lipinski definition) is 7. The molecule has 32 heavy (non-hydrogen) atoms. The number of carbonyl (C=O) groups excluding carboxylic acids is 1. The molecule has 0 N–H and O–H groups in total. The summed E-state index contributed by atoms with van der Waals surface area (Å²) in [7, 11) is 4.19. The molecule has 8 nitrogen and oxygen atoms in total. The Hall–Kier alpha value is -2.29. The summed E-state index contributed by atoms with van der Waals surface area (Å²) in [6.45, 7) is 13.7. The van der Waals surface area contributed by atoms with E-state index in [4.69, 9.17) is 0 Å². The fourth-order valence-electron chi connectivity index (χ4n) is 4.60. The van der Waals surface area contributed by atoms with Crippen LogP contribution in [0.2, 0.25) is 0 Å². The summed E-state index contributed by atoms with van der Waals surface area (Å²) in [6.07, 6.45) is 0. The van der Waals surface area contributed by atoms with Crippen LogP contribution < -0.4 is 4.90 Å². The Bertz CT molecular complexity index is 916. The fourth-order valence-corrected chi connectivity index (χ4v) is 4.60. The standard InChI is InChI=1S/C24H37N7O/c1-19(2)29-15-17-30(18-16-29)23-21-8-6-5-7-20(21)22(25-26-23)24(32)31-13-11-28(12-14-31)10-9-27(3)4/h5-8,19H,9-18H2,1-4H3. The van der Waals surface area contributed by atoms with Gasteiger partial charge in [0, 0.05) is 82.3 Å². The molecule has 2 aliphatic heterocycles. The Morgan fingerprint density at radius 1 is 0.938 bits per heavy atom. The number of fused-ring (bicyclic) bond motifs is 1. The van der Waals surface area contributed by atoms with Gasteiger partial charge in [0.1, 0.15) is 0 Å². The first-order valence-corrected chi connectivity index (χ1v) is 11.8. The van der Waals surface area contributed by atoms with Crippen LogP contribution in [-0.2, 0) is 0 Å². The number of rotatable bonds is 6. The Kier molecular flexibility index (Phi) is 7.23. The summed E-state index contributed by atoms with van der Waals surface area (Å²) in [5.41, 5.74) is 0.479. The number of carbonyl (C=O) groups is 1. The van der Waals surface area contributed by atoms with E-state index in [2.05, 4.69) is 63.8 Å². The second kappa shape index (κ2) is 10.1. The number of piperazine rings is 2. The van der Waals surface area contributed by atoms with Gasteiger partial charge in [0.05, 0.1) is 0 Å². The molecule has 1 aromatic heterocycles. The number of aromatic nitrogens is 2. The summed E-state index contributed by atoms with van der Waals surface area (Å²) < 4.78 is 0. The molecule has 4 rings (SSSR count). The normalized spacial score (nSPS) is 18.8. The van der Waals surface area contributed by atoms with E-state index in [1.165, 1.54) is 0 Å². The molecule has 0 bridgehead atoms. The average Bonchev–Trinajstić information content (AvgIpc) is 2.82. The molecule has 2 aromatic rings. The highest BCUT2D eigenvalue weighted by atomic mass is 16.2. The van der Waals surface area contributed by atoms with Crippen LogP contribution in [0.5, 0.6) is 0 Å². The minimum Gasteiger partial charge on any atom is -0.352 e. The lowest BCUT2D eigenvalue weighted by Crippen LogP contribution is -2.50. The summed E-state index contributed by atoms with van der Waals surface area (Å²) in [4.78, 5) is 24.7. The van der Waals surface area contributed by atoms with Crippen LogP contribution in [0.15, 0.2) is 24.3 Å². The predicted molar refractivity (Wildman–Crippen MR) is 129 cm³/mol. The van der Waals surface area contributed by atoms with Gasteiger partial charge in [-0.3, -0.25) is 14.6 Å². The third kappa shape index (κ3) is 5.03. The Balaban J connectivity index is 1.49. The Morgan fingerprint density at radius 2 is 1.59 bits per heavy atom. The van der Waals surface area contributed by atoms with Gasteiger partial charge >= 0.3 is 0 Å². The SMILES string of the molecule is CC(C)N1CCN(c2nnc(C(=O)N3CCN(CCN(C)C)CC3)c3ccccc23)CC1. The zero-order valence-electron chi connectivity index (χ0n) is 20.0. The number of benzene rings is 1. The van der Waals surface area contributed by atoms with Crippen LogP contribution in [0, 0.1) is 0 Å². The Morgan fingerprint density at radius 3 is 2.22 bits per heavy atom. The third-order valence-electron chi connectivity index (χ3n) is 6.74. The molecule has 0 spiro atoms. The Labute approximate surface area is 191 Å². The van der Waals surface area contributed by atoms with Crippen molar-refractivity contribution in [3.8, 4) is 0 Å². The van der Waals surface area contributed by atoms with Crippen molar-refractivity contribution in [3.05, 3.63) is 30.0 Å². The van der Waals surface area contributed by atoms with Crippen molar-refractivity contribution >= 4 is 22.5 Å². The molecule has 2 aliphatic rings. The van der Waals surface area contributed by atoms with Crippen molar-refractivity contribution in [2.75, 3.05) is 84.4 Å². The first-order chi connectivity index (χ1) is 15.4. The zero-order valence-corrected chi connectivity index (χ0v) is 20.0. The molecule has 0 aliphatic carbocycles. The van der Waals surface area contributed by atoms with Gasteiger partial charge in [-0.1, -0.05) is 24.3 Å². The number of nitrogens with zero attached hydrogens (tertiary/aromatic N) is 7. The van der Waals surface area contributed by atoms with Gasteiger partial charge < -0.3 is 14.7 Å². The quantitative estimate of drug-likeness (QED) is 0.676. The van der Waals surface area contributed by atoms with Crippen LogP contribution >= 0.6 is 0 Å². The lowest BCUT2D eigenvalue weighted by Gasteiger charge is -2.37. The number of anilines is 1. The summed E-state index contributed by atoms with van der Waals surface area (Å²) in [5, 5.41) is 11.0. The van der Waals surface area contributed by atoms with Gasteiger partial charge in [-0.2, -0.15) is 0 Å². The maximum atomic E-state index is 13.4. The molecular formula is C24H37N7O. The third-order valence-corrected chi connectivity index (χ3v) is 6.74. The maximum absolute atomic E-state index is 13.4. The van der Waals surface area contributed by atoms with E-state index in [-0.39, 0.29) is 5.91 Å². The minimum atomic E-state index is -0.00265. The van der Waals surface area contributed by atoms with Gasteiger partial charge in [0.2, 0.25) is 0 Å². The fraction of sp³-hybridized carbons (Fsp3) is 0.625. The van der Waals surface area contributed by atoms with Crippen molar-refractivity contribution in [3.63, 3.8) is 0 Å². The van der Waals surface area contributed by atoms with E-state index in [1.807, 2.05) is 23.1 Å². The van der Waals surface area contributed by atoms with Crippen LogP contribution in [0.1, 0.15) is 24.3 Å². The predicted octanol–water partition coefficient (Wildman–Crippen LogP) is 1.48. The van der Waals surface area contributed by atoms with Gasteiger partial charge in [-0.05, 0) is 27.9 Å². The van der Waals surface area contributed by atoms with Gasteiger partial charge in [0.15, 0.2) is 11.5 Å². The summed E-state index contributed by atoms with van der Waals surface area (Å²) in [6, 6.07) is 8.65. The van der Waals surface area contributed by atoms with Gasteiger partial charge in [0.25, 0.3) is 5.91 Å². The van der Waals surface area contributed by atoms with Crippen molar-refractivity contribution in [1.82, 2.24) is 29.8 Å². The second-order valence-corrected chi connectivity index (χ2v) is 9.47. The molecule has 174 valence electrons. The van der Waals surface area contributed by atoms with E-state index in [9.17, 15) is 4.79 Å². The molecule has 0 saturated carbocycles. The molecule has 1 amide bonds. The van der Waals surface area contributed by atoms with Crippen LogP contribution in [0.25, 0.3) is 10.8 Å². The number of likely N-dealkylation sites (N-methyl/N-ethyl adjacent to an activating group) is 1. The highest BCUT2D eigenvalue weighted by molar-refractivity contribution is 6.07. The van der Waals surface area contributed by atoms with E-state index in [1.54, 1.807) is 0 Å². The first kappa shape index (κ1) is 22.9. The molecular weight excluding hydrogens is 402 g/mol. The lowest BCUT2D eigenvalue weighted by atomic mass is 10.1. The van der Waals surface area contributed by atoms with Crippen LogP contribution in [-0.4, -0.2) is 121 Å². The molecule has 1 aromatic carbocycles. The number of hydrogen-bond donors (Lipinski definition) is 0. The van der Waals surface area contributed by atoms with Gasteiger partial charge in [-0.25, -0.2) is 0 Å². The largest absolute Gasteiger partial charge is 0.352 e. The first-order valence-electron chi connectivity index (χ1n) is 11.8. The van der Waals surface area contributed by atoms with Crippen molar-refractivity contribution < 1.29 is 4.79 Å². The topological polar surface area (TPSA) is 59.1 Å². The minimum absolute atomic E-state index is 0.00265. The smallest absolute Gasteiger partial charge is 0.275 e. The van der Waals surface area contributed by atoms with Crippen LogP contribution in [0.4, 0.5) is 5.82 Å².